The fraction of sp³-hybridized carbons (Fsp3) is 0.231. The summed E-state index contributed by atoms with van der Waals surface area (Å²) in [6, 6.07) is 5.86. The minimum absolute atomic E-state index is 0.0385. The molecule has 0 aliphatic rings. The van der Waals surface area contributed by atoms with Crippen LogP contribution in [0, 0.1) is 5.82 Å². The Morgan fingerprint density at radius 2 is 2.00 bits per heavy atom. The van der Waals surface area contributed by atoms with Crippen LogP contribution in [-0.4, -0.2) is 9.13 Å². The summed E-state index contributed by atoms with van der Waals surface area (Å²) in [5.41, 5.74) is -0.245. The van der Waals surface area contributed by atoms with E-state index in [0.29, 0.717) is 12.1 Å². The lowest BCUT2D eigenvalue weighted by Crippen LogP contribution is -2.39. The van der Waals surface area contributed by atoms with E-state index >= 15 is 0 Å². The molecule has 0 amide bonds. The van der Waals surface area contributed by atoms with E-state index in [9.17, 15) is 14.0 Å². The van der Waals surface area contributed by atoms with Gasteiger partial charge < -0.3 is 4.57 Å². The van der Waals surface area contributed by atoms with Gasteiger partial charge in [0.1, 0.15) is 5.82 Å². The van der Waals surface area contributed by atoms with Crippen LogP contribution in [-0.2, 0) is 13.1 Å². The predicted molar refractivity (Wildman–Crippen MR) is 73.8 cm³/mol. The van der Waals surface area contributed by atoms with Crippen molar-refractivity contribution in [3.63, 3.8) is 0 Å². The molecule has 100 valence electrons. The highest BCUT2D eigenvalue weighted by Gasteiger charge is 2.09. The highest BCUT2D eigenvalue weighted by molar-refractivity contribution is 9.10. The van der Waals surface area contributed by atoms with Crippen LogP contribution in [0.1, 0.15) is 12.5 Å². The molecule has 4 nitrogen and oxygen atoms in total. The van der Waals surface area contributed by atoms with E-state index in [4.69, 9.17) is 0 Å². The smallest absolute Gasteiger partial charge is 0.301 e. The van der Waals surface area contributed by atoms with Gasteiger partial charge in [0.15, 0.2) is 0 Å². The predicted octanol–water partition coefficient (Wildman–Crippen LogP) is 1.98. The maximum atomic E-state index is 13.4. The summed E-state index contributed by atoms with van der Waals surface area (Å²) < 4.78 is 16.2. The van der Waals surface area contributed by atoms with Gasteiger partial charge in [-0.1, -0.05) is 12.1 Å². The first kappa shape index (κ1) is 13.7. The minimum Gasteiger partial charge on any atom is -0.301 e. The van der Waals surface area contributed by atoms with Crippen molar-refractivity contribution in [2.45, 2.75) is 20.0 Å². The maximum Gasteiger partial charge on any atom is 0.331 e. The average Bonchev–Trinajstić information content (AvgIpc) is 2.39. The quantitative estimate of drug-likeness (QED) is 0.865. The number of rotatable bonds is 3. The number of nitrogens with zero attached hydrogens (tertiary/aromatic N) is 2. The lowest BCUT2D eigenvalue weighted by atomic mass is 10.2. The van der Waals surface area contributed by atoms with E-state index < -0.39 is 17.1 Å². The molecule has 0 spiro atoms. The highest BCUT2D eigenvalue weighted by Crippen LogP contribution is 2.20. The number of halogens is 2. The van der Waals surface area contributed by atoms with E-state index in [1.807, 2.05) is 6.92 Å². The number of aromatic nitrogens is 2. The molecule has 2 rings (SSSR count). The molecular formula is C13H12BrFN2O2. The molecule has 0 aliphatic carbocycles. The molecule has 0 bridgehead atoms. The van der Waals surface area contributed by atoms with Gasteiger partial charge in [0.25, 0.3) is 5.56 Å². The first-order valence-corrected chi connectivity index (χ1v) is 6.57. The number of hydrogen-bond acceptors (Lipinski definition) is 2. The summed E-state index contributed by atoms with van der Waals surface area (Å²) in [5.74, 6) is -0.419. The van der Waals surface area contributed by atoms with Crippen LogP contribution in [0.4, 0.5) is 4.39 Å². The minimum atomic E-state index is -0.419. The van der Waals surface area contributed by atoms with E-state index in [0.717, 1.165) is 4.57 Å². The highest BCUT2D eigenvalue weighted by atomic mass is 79.9. The second kappa shape index (κ2) is 5.52. The Morgan fingerprint density at radius 1 is 1.26 bits per heavy atom. The van der Waals surface area contributed by atoms with Gasteiger partial charge in [0.05, 0.1) is 11.0 Å². The molecule has 0 saturated carbocycles. The van der Waals surface area contributed by atoms with E-state index in [2.05, 4.69) is 15.9 Å². The standard InChI is InChI=1S/C13H12BrFN2O2/c1-2-16-7-6-11(18)17(13(16)19)8-9-4-3-5-10(15)12(9)14/h3-7H,2,8H2,1H3. The van der Waals surface area contributed by atoms with Crippen molar-refractivity contribution in [3.05, 3.63) is 67.2 Å². The summed E-state index contributed by atoms with van der Waals surface area (Å²) in [6.07, 6.45) is 1.46. The van der Waals surface area contributed by atoms with Crippen LogP contribution in [0.15, 0.2) is 44.5 Å². The van der Waals surface area contributed by atoms with Gasteiger partial charge >= 0.3 is 5.69 Å². The van der Waals surface area contributed by atoms with Crippen molar-refractivity contribution < 1.29 is 4.39 Å². The van der Waals surface area contributed by atoms with Crippen molar-refractivity contribution in [3.8, 4) is 0 Å². The summed E-state index contributed by atoms with van der Waals surface area (Å²) >= 11 is 3.12. The van der Waals surface area contributed by atoms with E-state index in [1.165, 1.54) is 22.9 Å². The zero-order valence-corrected chi connectivity index (χ0v) is 11.9. The molecule has 1 heterocycles. The van der Waals surface area contributed by atoms with Gasteiger partial charge in [-0.3, -0.25) is 9.36 Å². The van der Waals surface area contributed by atoms with Crippen LogP contribution < -0.4 is 11.2 Å². The second-order valence-corrected chi connectivity index (χ2v) is 4.81. The lowest BCUT2D eigenvalue weighted by Gasteiger charge is -2.09. The summed E-state index contributed by atoms with van der Waals surface area (Å²) in [5, 5.41) is 0. The van der Waals surface area contributed by atoms with Crippen molar-refractivity contribution in [2.24, 2.45) is 0 Å². The van der Waals surface area contributed by atoms with Gasteiger partial charge in [-0.2, -0.15) is 0 Å². The third-order valence-corrected chi connectivity index (χ3v) is 3.73. The molecule has 0 unspecified atom stereocenters. The van der Waals surface area contributed by atoms with Crippen LogP contribution in [0.3, 0.4) is 0 Å². The summed E-state index contributed by atoms with van der Waals surface area (Å²) in [6.45, 7) is 2.33. The lowest BCUT2D eigenvalue weighted by molar-refractivity contribution is 0.589. The van der Waals surface area contributed by atoms with Crippen molar-refractivity contribution in [2.75, 3.05) is 0 Å². The van der Waals surface area contributed by atoms with Crippen molar-refractivity contribution >= 4 is 15.9 Å². The number of aryl methyl sites for hydroxylation is 1. The van der Waals surface area contributed by atoms with Crippen LogP contribution in [0.2, 0.25) is 0 Å². The molecule has 2 aromatic rings. The van der Waals surface area contributed by atoms with Gasteiger partial charge in [0.2, 0.25) is 0 Å². The largest absolute Gasteiger partial charge is 0.331 e. The van der Waals surface area contributed by atoms with Gasteiger partial charge in [-0.25, -0.2) is 9.18 Å². The molecule has 0 fully saturated rings. The summed E-state index contributed by atoms with van der Waals surface area (Å²) in [4.78, 5) is 23.8. The molecule has 0 N–H and O–H groups in total. The molecule has 1 aromatic heterocycles. The third kappa shape index (κ3) is 2.68. The maximum absolute atomic E-state index is 13.4. The topological polar surface area (TPSA) is 44.0 Å². The first-order valence-electron chi connectivity index (χ1n) is 5.77. The van der Waals surface area contributed by atoms with E-state index in [1.54, 1.807) is 12.1 Å². The normalized spacial score (nSPS) is 10.7. The van der Waals surface area contributed by atoms with Gasteiger partial charge in [-0.15, -0.1) is 0 Å². The Morgan fingerprint density at radius 3 is 2.68 bits per heavy atom. The molecule has 0 radical (unpaired) electrons. The molecule has 6 heteroatoms. The van der Waals surface area contributed by atoms with E-state index in [-0.39, 0.29) is 11.0 Å². The second-order valence-electron chi connectivity index (χ2n) is 4.02. The first-order chi connectivity index (χ1) is 9.04. The Hall–Kier alpha value is -1.69. The Bertz CT molecular complexity index is 721. The molecule has 19 heavy (non-hydrogen) atoms. The zero-order chi connectivity index (χ0) is 14.0. The molecule has 1 aromatic carbocycles. The molecule has 0 saturated heterocycles. The van der Waals surface area contributed by atoms with Gasteiger partial charge in [0, 0.05) is 18.8 Å². The Balaban J connectivity index is 2.53. The van der Waals surface area contributed by atoms with Gasteiger partial charge in [-0.05, 0) is 34.5 Å². The van der Waals surface area contributed by atoms with Crippen molar-refractivity contribution in [1.29, 1.82) is 0 Å². The molecular weight excluding hydrogens is 315 g/mol. The van der Waals surface area contributed by atoms with Crippen LogP contribution in [0.25, 0.3) is 0 Å². The number of hydrogen-bond donors (Lipinski definition) is 0. The van der Waals surface area contributed by atoms with Crippen LogP contribution in [0.5, 0.6) is 0 Å². The Kier molecular flexibility index (Phi) is 3.99. The Labute approximate surface area is 117 Å². The third-order valence-electron chi connectivity index (χ3n) is 2.84. The fourth-order valence-electron chi connectivity index (χ4n) is 1.78. The zero-order valence-electron chi connectivity index (χ0n) is 10.3. The summed E-state index contributed by atoms with van der Waals surface area (Å²) in [7, 11) is 0. The van der Waals surface area contributed by atoms with Crippen molar-refractivity contribution in [1.82, 2.24) is 9.13 Å². The molecule has 0 atom stereocenters. The molecule has 0 aliphatic heterocycles. The number of benzene rings is 1. The fourth-order valence-corrected chi connectivity index (χ4v) is 2.17. The van der Waals surface area contributed by atoms with Crippen LogP contribution >= 0.6 is 15.9 Å². The SMILES string of the molecule is CCn1ccc(=O)n(Cc2cccc(F)c2Br)c1=O. The average molecular weight is 327 g/mol. The monoisotopic (exact) mass is 326 g/mol.